The zero-order chi connectivity index (χ0) is 48.1. The molecule has 0 fully saturated rings. The molecule has 358 valence electrons. The molecule has 3 atom stereocenters. The van der Waals surface area contributed by atoms with Crippen LogP contribution in [0.4, 0.5) is 0 Å². The minimum Gasteiger partial charge on any atom is -0.493 e. The summed E-state index contributed by atoms with van der Waals surface area (Å²) in [4.78, 5) is 55.1. The Hall–Kier alpha value is -6.67. The average Bonchev–Trinajstić information content (AvgIpc) is 3.30. The molecule has 5 aromatic rings. The van der Waals surface area contributed by atoms with Crippen molar-refractivity contribution in [3.63, 3.8) is 0 Å². The number of hydrogen-bond donors (Lipinski definition) is 8. The molecule has 4 amide bonds. The van der Waals surface area contributed by atoms with Crippen LogP contribution in [0.25, 0.3) is 32.7 Å². The van der Waals surface area contributed by atoms with Crippen LogP contribution in [-0.4, -0.2) is 80.6 Å². The van der Waals surface area contributed by atoms with Gasteiger partial charge < -0.3 is 47.5 Å². The van der Waals surface area contributed by atoms with Crippen molar-refractivity contribution in [2.45, 2.75) is 97.2 Å². The van der Waals surface area contributed by atoms with E-state index in [2.05, 4.69) is 70.8 Å². The van der Waals surface area contributed by atoms with E-state index in [1.807, 2.05) is 86.6 Å². The lowest BCUT2D eigenvalue weighted by Crippen LogP contribution is -2.57. The maximum Gasteiger partial charge on any atom is 0.243 e. The van der Waals surface area contributed by atoms with Gasteiger partial charge in [-0.2, -0.15) is 0 Å². The third-order valence-corrected chi connectivity index (χ3v) is 11.4. The zero-order valence-electron chi connectivity index (χ0n) is 39.5. The summed E-state index contributed by atoms with van der Waals surface area (Å²) in [5, 5.41) is 26.0. The van der Waals surface area contributed by atoms with Crippen molar-refractivity contribution in [3.8, 4) is 22.6 Å². The van der Waals surface area contributed by atoms with Crippen molar-refractivity contribution < 1.29 is 28.7 Å². The maximum atomic E-state index is 14.1. The Morgan fingerprint density at radius 2 is 1.12 bits per heavy atom. The third-order valence-electron chi connectivity index (χ3n) is 11.4. The summed E-state index contributed by atoms with van der Waals surface area (Å²) in [5.41, 5.74) is 14.0. The van der Waals surface area contributed by atoms with Crippen LogP contribution in [0.2, 0.25) is 0 Å². The highest BCUT2D eigenvalue weighted by Gasteiger charge is 2.30. The number of rotatable bonds is 27. The van der Waals surface area contributed by atoms with E-state index in [4.69, 9.17) is 26.4 Å². The fourth-order valence-electron chi connectivity index (χ4n) is 7.96. The fourth-order valence-corrected chi connectivity index (χ4v) is 7.96. The second-order valence-corrected chi connectivity index (χ2v) is 17.8. The maximum absolute atomic E-state index is 14.1. The van der Waals surface area contributed by atoms with Crippen LogP contribution in [0.5, 0.6) is 11.5 Å². The first-order valence-electron chi connectivity index (χ1n) is 23.6. The van der Waals surface area contributed by atoms with Crippen LogP contribution >= 0.6 is 0 Å². The van der Waals surface area contributed by atoms with E-state index >= 15 is 0 Å². The van der Waals surface area contributed by atoms with Gasteiger partial charge in [0, 0.05) is 17.7 Å². The average molecular weight is 915 g/mol. The van der Waals surface area contributed by atoms with Crippen LogP contribution in [0.3, 0.4) is 0 Å². The van der Waals surface area contributed by atoms with Gasteiger partial charge in [-0.25, -0.2) is 0 Å². The molecular formula is C53H70N8O6. The lowest BCUT2D eigenvalue weighted by molar-refractivity contribution is -0.134. The Balaban J connectivity index is 1.32. The molecule has 0 aromatic heterocycles. The molecule has 0 saturated heterocycles. The van der Waals surface area contributed by atoms with E-state index in [9.17, 15) is 19.2 Å². The lowest BCUT2D eigenvalue weighted by atomic mass is 9.92. The summed E-state index contributed by atoms with van der Waals surface area (Å²) in [6, 6.07) is 30.8. The first kappa shape index (κ1) is 51.3. The Kier molecular flexibility index (Phi) is 20.3. The molecule has 0 aliphatic rings. The second-order valence-electron chi connectivity index (χ2n) is 17.8. The molecule has 67 heavy (non-hydrogen) atoms. The molecule has 0 saturated carbocycles. The summed E-state index contributed by atoms with van der Waals surface area (Å²) in [7, 11) is 0. The standard InChI is InChI=1S/C53H70N8O6/c1-35(2)27-31-66-45-25-23-38-17-8-10-19-40(38)48(45)49-41-20-11-9-18-39(41)24-26-46(49)67-32-30-57-50(63)42(21-12-13-28-54)60-51(64)43(22-14-29-58-53(55)56)61-52(65)44(33-36(3)4)59-47(62)34-37-15-6-5-7-16-37/h5-11,15-20,23-26,35-36,42-44H,12-14,21-22,27-34,54H2,1-4H3,(H,57,63)(H,59,62)(H,60,64)(H,61,65)(H4,55,56,58)/t42-,43-,44-/m1/s1. The molecule has 0 aliphatic carbocycles. The number of benzene rings is 5. The van der Waals surface area contributed by atoms with Crippen LogP contribution in [0, 0.1) is 17.2 Å². The molecule has 0 heterocycles. The summed E-state index contributed by atoms with van der Waals surface area (Å²) >= 11 is 0. The van der Waals surface area contributed by atoms with Crippen LogP contribution < -0.4 is 47.5 Å². The van der Waals surface area contributed by atoms with E-state index in [1.54, 1.807) is 0 Å². The summed E-state index contributed by atoms with van der Waals surface area (Å²) in [6.45, 7) is 9.77. The molecule has 5 rings (SSSR count). The number of amides is 4. The van der Waals surface area contributed by atoms with Gasteiger partial charge in [0.05, 0.1) is 19.6 Å². The number of carbonyl (C=O) groups is 4. The number of ether oxygens (including phenoxy) is 2. The summed E-state index contributed by atoms with van der Waals surface area (Å²) in [6.07, 6.45) is 3.40. The van der Waals surface area contributed by atoms with Gasteiger partial charge >= 0.3 is 0 Å². The molecule has 0 spiro atoms. The van der Waals surface area contributed by atoms with Gasteiger partial charge in [-0.1, -0.05) is 119 Å². The van der Waals surface area contributed by atoms with Crippen molar-refractivity contribution >= 4 is 51.1 Å². The molecule has 0 radical (unpaired) electrons. The van der Waals surface area contributed by atoms with Gasteiger partial charge in [-0.05, 0) is 103 Å². The highest BCUT2D eigenvalue weighted by Crippen LogP contribution is 2.45. The molecule has 14 heteroatoms. The predicted octanol–water partition coefficient (Wildman–Crippen LogP) is 6.72. The minimum atomic E-state index is -1.06. The third kappa shape index (κ3) is 16.0. The van der Waals surface area contributed by atoms with Gasteiger partial charge in [0.2, 0.25) is 23.6 Å². The predicted molar refractivity (Wildman–Crippen MR) is 268 cm³/mol. The molecule has 5 aromatic carbocycles. The fraction of sp³-hybridized carbons (Fsp3) is 0.415. The van der Waals surface area contributed by atoms with Gasteiger partial charge in [0.25, 0.3) is 0 Å². The van der Waals surface area contributed by atoms with Crippen molar-refractivity contribution in [2.24, 2.45) is 23.3 Å². The Morgan fingerprint density at radius 3 is 1.70 bits per heavy atom. The van der Waals surface area contributed by atoms with Crippen molar-refractivity contribution in [2.75, 3.05) is 32.8 Å². The summed E-state index contributed by atoms with van der Waals surface area (Å²) in [5.74, 6) is -0.0816. The highest BCUT2D eigenvalue weighted by molar-refractivity contribution is 6.09. The van der Waals surface area contributed by atoms with Crippen LogP contribution in [0.15, 0.2) is 103 Å². The van der Waals surface area contributed by atoms with E-state index in [0.29, 0.717) is 56.9 Å². The molecule has 0 aliphatic heterocycles. The van der Waals surface area contributed by atoms with Crippen molar-refractivity contribution in [1.82, 2.24) is 26.6 Å². The smallest absolute Gasteiger partial charge is 0.243 e. The number of hydrogen-bond acceptors (Lipinski definition) is 8. The number of nitrogens with two attached hydrogens (primary N) is 2. The monoisotopic (exact) mass is 915 g/mol. The van der Waals surface area contributed by atoms with Gasteiger partial charge in [-0.15, -0.1) is 0 Å². The van der Waals surface area contributed by atoms with Crippen LogP contribution in [-0.2, 0) is 25.6 Å². The highest BCUT2D eigenvalue weighted by atomic mass is 16.5. The second kappa shape index (κ2) is 26.5. The van der Waals surface area contributed by atoms with E-state index in [0.717, 1.165) is 50.4 Å². The van der Waals surface area contributed by atoms with Gasteiger partial charge in [0.15, 0.2) is 5.96 Å². The van der Waals surface area contributed by atoms with Crippen molar-refractivity contribution in [1.29, 1.82) is 5.41 Å². The SMILES string of the molecule is CC(C)CCOc1ccc2ccccc2c1-c1c(OCCNC(=O)[C@@H](CCCCN)NC(=O)[C@@H](CCCNC(=N)N)NC(=O)[C@@H](CC(C)C)NC(=O)Cc2ccccc2)ccc2ccccc12. The Bertz CT molecular complexity index is 2410. The molecule has 0 unspecified atom stereocenters. The van der Waals surface area contributed by atoms with Gasteiger partial charge in [-0.3, -0.25) is 24.6 Å². The summed E-state index contributed by atoms with van der Waals surface area (Å²) < 4.78 is 13.0. The van der Waals surface area contributed by atoms with E-state index < -0.39 is 35.8 Å². The quantitative estimate of drug-likeness (QED) is 0.0159. The molecule has 14 nitrogen and oxygen atoms in total. The number of fused-ring (bicyclic) bond motifs is 2. The van der Waals surface area contributed by atoms with E-state index in [1.165, 1.54) is 0 Å². The topological polar surface area (TPSA) is 223 Å². The van der Waals surface area contributed by atoms with Gasteiger partial charge in [0.1, 0.15) is 36.2 Å². The first-order valence-corrected chi connectivity index (χ1v) is 23.6. The number of guanidine groups is 1. The Labute approximate surface area is 395 Å². The first-order chi connectivity index (χ1) is 32.3. The minimum absolute atomic E-state index is 0.0523. The zero-order valence-corrected chi connectivity index (χ0v) is 39.5. The van der Waals surface area contributed by atoms with E-state index in [-0.39, 0.29) is 50.3 Å². The molecular weight excluding hydrogens is 845 g/mol. The number of unbranched alkanes of at least 4 members (excludes halogenated alkanes) is 1. The number of carbonyl (C=O) groups excluding carboxylic acids is 4. The Morgan fingerprint density at radius 1 is 0.567 bits per heavy atom. The van der Waals surface area contributed by atoms with Crippen LogP contribution in [0.1, 0.15) is 78.2 Å². The molecule has 0 bridgehead atoms. The lowest BCUT2D eigenvalue weighted by Gasteiger charge is -2.26. The normalized spacial score (nSPS) is 12.6. The number of nitrogens with one attached hydrogen (secondary N) is 6. The molecule has 10 N–H and O–H groups in total. The largest absolute Gasteiger partial charge is 0.493 e. The van der Waals surface area contributed by atoms with Crippen molar-refractivity contribution in [3.05, 3.63) is 109 Å².